The van der Waals surface area contributed by atoms with Gasteiger partial charge in [-0.25, -0.2) is 8.42 Å². The molecule has 0 bridgehead atoms. The molecule has 2 N–H and O–H groups in total. The molecule has 1 atom stereocenters. The van der Waals surface area contributed by atoms with Gasteiger partial charge in [-0.15, -0.1) is 0 Å². The summed E-state index contributed by atoms with van der Waals surface area (Å²) in [4.78, 5) is 13.2. The first-order chi connectivity index (χ1) is 14.5. The Morgan fingerprint density at radius 1 is 1.03 bits per heavy atom. The van der Waals surface area contributed by atoms with Gasteiger partial charge in [-0.2, -0.15) is 0 Å². The van der Waals surface area contributed by atoms with Gasteiger partial charge in [0.1, 0.15) is 10.7 Å². The van der Waals surface area contributed by atoms with Crippen LogP contribution in [-0.2, 0) is 19.4 Å². The molecule has 0 aromatic heterocycles. The molecule has 0 radical (unpaired) electrons. The maximum absolute atomic E-state index is 13.7. The standard InChI is InChI=1S/C24H24ClNO4S/c1-14-4-10-17(11-5-14)31(28,29)22-20(15-6-8-16(25)9-7-15)21-18(27)12-24(2,3)13-19(21)30-23(22)26/h4-11,20H,12-13,26H2,1-3H3/t20-/m1/s1. The molecule has 1 heterocycles. The van der Waals surface area contributed by atoms with Crippen molar-refractivity contribution in [2.24, 2.45) is 11.1 Å². The van der Waals surface area contributed by atoms with E-state index in [1.807, 2.05) is 20.8 Å². The van der Waals surface area contributed by atoms with E-state index < -0.39 is 15.8 Å². The van der Waals surface area contributed by atoms with Gasteiger partial charge >= 0.3 is 0 Å². The van der Waals surface area contributed by atoms with E-state index in [0.29, 0.717) is 34.8 Å². The number of sulfone groups is 1. The van der Waals surface area contributed by atoms with Crippen LogP contribution in [0, 0.1) is 12.3 Å². The number of ketones is 1. The van der Waals surface area contributed by atoms with Gasteiger partial charge in [-0.05, 0) is 42.2 Å². The van der Waals surface area contributed by atoms with E-state index in [1.54, 1.807) is 48.5 Å². The van der Waals surface area contributed by atoms with Crippen LogP contribution in [0.1, 0.15) is 43.7 Å². The number of Topliss-reactive ketones (excluding diaryl/α,β-unsaturated/α-hetero) is 1. The number of aryl methyl sites for hydroxylation is 1. The van der Waals surface area contributed by atoms with Crippen molar-refractivity contribution in [2.45, 2.75) is 44.4 Å². The topological polar surface area (TPSA) is 86.5 Å². The van der Waals surface area contributed by atoms with Crippen molar-refractivity contribution in [3.63, 3.8) is 0 Å². The van der Waals surface area contributed by atoms with Crippen LogP contribution in [0.5, 0.6) is 0 Å². The number of nitrogens with two attached hydrogens (primary N) is 1. The molecule has 0 spiro atoms. The fourth-order valence-corrected chi connectivity index (χ4v) is 6.00. The summed E-state index contributed by atoms with van der Waals surface area (Å²) in [5.41, 5.74) is 7.86. The number of hydrogen-bond acceptors (Lipinski definition) is 5. The lowest BCUT2D eigenvalue weighted by Gasteiger charge is -2.38. The number of allylic oxidation sites excluding steroid dienone is 3. The van der Waals surface area contributed by atoms with E-state index in [4.69, 9.17) is 22.1 Å². The van der Waals surface area contributed by atoms with Gasteiger partial charge in [0.05, 0.1) is 10.8 Å². The van der Waals surface area contributed by atoms with Crippen molar-refractivity contribution < 1.29 is 17.9 Å². The first-order valence-electron chi connectivity index (χ1n) is 10.0. The monoisotopic (exact) mass is 457 g/mol. The third-order valence-corrected chi connectivity index (χ3v) is 7.89. The van der Waals surface area contributed by atoms with Gasteiger partial charge in [0.2, 0.25) is 15.7 Å². The Morgan fingerprint density at radius 3 is 2.26 bits per heavy atom. The summed E-state index contributed by atoms with van der Waals surface area (Å²) in [7, 11) is -4.03. The zero-order chi connectivity index (χ0) is 22.6. The highest BCUT2D eigenvalue weighted by Gasteiger charge is 2.46. The van der Waals surface area contributed by atoms with E-state index in [2.05, 4.69) is 0 Å². The molecule has 1 aliphatic heterocycles. The second-order valence-electron chi connectivity index (χ2n) is 8.91. The van der Waals surface area contributed by atoms with Crippen LogP contribution in [-0.4, -0.2) is 14.2 Å². The normalized spacial score (nSPS) is 21.0. The van der Waals surface area contributed by atoms with Gasteiger partial charge in [-0.1, -0.05) is 55.3 Å². The predicted molar refractivity (Wildman–Crippen MR) is 120 cm³/mol. The summed E-state index contributed by atoms with van der Waals surface area (Å²) in [6, 6.07) is 13.3. The first kappa shape index (κ1) is 21.7. The van der Waals surface area contributed by atoms with Gasteiger partial charge < -0.3 is 10.5 Å². The Bertz CT molecular complexity index is 1220. The smallest absolute Gasteiger partial charge is 0.208 e. The van der Waals surface area contributed by atoms with E-state index in [9.17, 15) is 13.2 Å². The van der Waals surface area contributed by atoms with Crippen LogP contribution in [0.15, 0.2) is 75.5 Å². The number of carbonyl (C=O) groups is 1. The number of benzene rings is 2. The maximum Gasteiger partial charge on any atom is 0.208 e. The lowest BCUT2D eigenvalue weighted by atomic mass is 9.72. The SMILES string of the molecule is Cc1ccc(S(=O)(=O)C2=C(N)OC3=C(C(=O)CC(C)(C)C3)[C@H]2c2ccc(Cl)cc2)cc1. The maximum atomic E-state index is 13.7. The average Bonchev–Trinajstić information content (AvgIpc) is 2.66. The summed E-state index contributed by atoms with van der Waals surface area (Å²) in [6.07, 6.45) is 0.799. The Hall–Kier alpha value is -2.57. The second kappa shape index (κ2) is 7.53. The number of halogens is 1. The van der Waals surface area contributed by atoms with E-state index in [1.165, 1.54) is 0 Å². The molecule has 1 aliphatic carbocycles. The summed E-state index contributed by atoms with van der Waals surface area (Å²) in [5, 5.41) is 0.515. The Morgan fingerprint density at radius 2 is 1.65 bits per heavy atom. The highest BCUT2D eigenvalue weighted by atomic mass is 35.5. The first-order valence-corrected chi connectivity index (χ1v) is 11.9. The van der Waals surface area contributed by atoms with Crippen molar-refractivity contribution in [3.05, 3.63) is 86.8 Å². The fraction of sp³-hybridized carbons (Fsp3) is 0.292. The summed E-state index contributed by atoms with van der Waals surface area (Å²) >= 11 is 6.06. The summed E-state index contributed by atoms with van der Waals surface area (Å²) in [6.45, 7) is 5.84. The molecule has 4 rings (SSSR count). The lowest BCUT2D eigenvalue weighted by Crippen LogP contribution is -2.35. The molecular formula is C24H24ClNO4S. The summed E-state index contributed by atoms with van der Waals surface area (Å²) < 4.78 is 33.2. The van der Waals surface area contributed by atoms with Crippen LogP contribution in [0.3, 0.4) is 0 Å². The molecule has 31 heavy (non-hydrogen) atoms. The number of rotatable bonds is 3. The second-order valence-corrected chi connectivity index (χ2v) is 11.3. The molecule has 0 saturated heterocycles. The summed E-state index contributed by atoms with van der Waals surface area (Å²) in [5.74, 6) is -0.724. The molecule has 0 amide bonds. The molecule has 5 nitrogen and oxygen atoms in total. The van der Waals surface area contributed by atoms with Crippen LogP contribution in [0.25, 0.3) is 0 Å². The molecule has 0 fully saturated rings. The number of carbonyl (C=O) groups excluding carboxylic acids is 1. The van der Waals surface area contributed by atoms with Gasteiger partial charge in [0, 0.05) is 23.4 Å². The molecule has 2 aromatic rings. The minimum Gasteiger partial charge on any atom is -0.444 e. The van der Waals surface area contributed by atoms with Crippen molar-refractivity contribution in [1.82, 2.24) is 0 Å². The zero-order valence-corrected chi connectivity index (χ0v) is 19.2. The van der Waals surface area contributed by atoms with Crippen LogP contribution in [0.2, 0.25) is 5.02 Å². The third-order valence-electron chi connectivity index (χ3n) is 5.73. The van der Waals surface area contributed by atoms with Crippen molar-refractivity contribution in [3.8, 4) is 0 Å². The molecule has 162 valence electrons. The van der Waals surface area contributed by atoms with Crippen molar-refractivity contribution in [2.75, 3.05) is 0 Å². The Balaban J connectivity index is 1.94. The minimum absolute atomic E-state index is 0.103. The lowest BCUT2D eigenvalue weighted by molar-refractivity contribution is -0.119. The molecular weight excluding hydrogens is 434 g/mol. The minimum atomic E-state index is -4.03. The Kier molecular flexibility index (Phi) is 5.26. The van der Waals surface area contributed by atoms with Gasteiger partial charge in [0.15, 0.2) is 5.78 Å². The van der Waals surface area contributed by atoms with Crippen LogP contribution >= 0.6 is 11.6 Å². The van der Waals surface area contributed by atoms with E-state index in [0.717, 1.165) is 5.56 Å². The predicted octanol–water partition coefficient (Wildman–Crippen LogP) is 5.01. The van der Waals surface area contributed by atoms with Crippen LogP contribution in [0.4, 0.5) is 0 Å². The molecule has 0 unspecified atom stereocenters. The third kappa shape index (κ3) is 3.90. The highest BCUT2D eigenvalue weighted by molar-refractivity contribution is 7.95. The van der Waals surface area contributed by atoms with Gasteiger partial charge in [-0.3, -0.25) is 4.79 Å². The van der Waals surface area contributed by atoms with Gasteiger partial charge in [0.25, 0.3) is 0 Å². The molecule has 0 saturated carbocycles. The largest absolute Gasteiger partial charge is 0.444 e. The average molecular weight is 458 g/mol. The Labute approximate surface area is 187 Å². The van der Waals surface area contributed by atoms with E-state index >= 15 is 0 Å². The quantitative estimate of drug-likeness (QED) is 0.700. The van der Waals surface area contributed by atoms with Crippen molar-refractivity contribution in [1.29, 1.82) is 0 Å². The molecule has 7 heteroatoms. The molecule has 2 aromatic carbocycles. The molecule has 2 aliphatic rings. The zero-order valence-electron chi connectivity index (χ0n) is 17.6. The fourth-order valence-electron chi connectivity index (χ4n) is 4.25. The number of ether oxygens (including phenoxy) is 1. The number of hydrogen-bond donors (Lipinski definition) is 1. The van der Waals surface area contributed by atoms with Crippen LogP contribution < -0.4 is 5.73 Å². The van der Waals surface area contributed by atoms with Crippen molar-refractivity contribution >= 4 is 27.2 Å². The highest BCUT2D eigenvalue weighted by Crippen LogP contribution is 2.50. The van der Waals surface area contributed by atoms with E-state index in [-0.39, 0.29) is 26.9 Å².